The van der Waals surface area contributed by atoms with Crippen LogP contribution in [-0.4, -0.2) is 36.1 Å². The first-order chi connectivity index (χ1) is 12.7. The van der Waals surface area contributed by atoms with Gasteiger partial charge < -0.3 is 14.6 Å². The number of H-pyrrole nitrogens is 1. The van der Waals surface area contributed by atoms with E-state index in [4.69, 9.17) is 4.74 Å². The van der Waals surface area contributed by atoms with E-state index >= 15 is 0 Å². The monoisotopic (exact) mass is 410 g/mol. The molecular weight excluding hydrogens is 388 g/mol. The van der Waals surface area contributed by atoms with E-state index in [1.165, 1.54) is 28.5 Å². The van der Waals surface area contributed by atoms with Gasteiger partial charge in [-0.1, -0.05) is 30.3 Å². The fourth-order valence-electron chi connectivity index (χ4n) is 4.95. The van der Waals surface area contributed by atoms with Crippen molar-refractivity contribution in [2.24, 2.45) is 5.92 Å². The minimum absolute atomic E-state index is 0.556. The maximum Gasteiger partial charge on any atom is 0.119 e. The summed E-state index contributed by atoms with van der Waals surface area (Å²) >= 11 is 3.74. The van der Waals surface area contributed by atoms with Crippen LogP contribution in [0, 0.1) is 5.92 Å². The number of ether oxygens (including phenoxy) is 1. The third kappa shape index (κ3) is 2.67. The highest BCUT2D eigenvalue weighted by Crippen LogP contribution is 2.46. The zero-order valence-corrected chi connectivity index (χ0v) is 16.5. The predicted molar refractivity (Wildman–Crippen MR) is 109 cm³/mol. The molecule has 2 aliphatic rings. The lowest BCUT2D eigenvalue weighted by atomic mass is 9.72. The summed E-state index contributed by atoms with van der Waals surface area (Å²) in [6.45, 7) is 1.89. The molecule has 5 rings (SSSR count). The summed E-state index contributed by atoms with van der Waals surface area (Å²) in [6, 6.07) is 17.5. The van der Waals surface area contributed by atoms with Crippen LogP contribution in [0.5, 0.6) is 5.75 Å². The summed E-state index contributed by atoms with van der Waals surface area (Å²) in [5.41, 5.74) is 4.21. The highest BCUT2D eigenvalue weighted by atomic mass is 79.9. The number of aromatic nitrogens is 1. The van der Waals surface area contributed by atoms with Crippen LogP contribution in [0.2, 0.25) is 0 Å². The molecule has 2 heterocycles. The SMILES string of the molecule is CN1CC(COc2ccccc2)C[C@H]2c3cccc4[nH]c(Br)c(c34)C[C@@H]21. The molecule has 1 fully saturated rings. The molecule has 1 N–H and O–H groups in total. The van der Waals surface area contributed by atoms with Gasteiger partial charge in [-0.3, -0.25) is 0 Å². The van der Waals surface area contributed by atoms with Gasteiger partial charge in [0.25, 0.3) is 0 Å². The second kappa shape index (κ2) is 6.43. The molecule has 1 aliphatic carbocycles. The van der Waals surface area contributed by atoms with Gasteiger partial charge in [0, 0.05) is 35.3 Å². The molecule has 1 saturated heterocycles. The minimum atomic E-state index is 0.556. The van der Waals surface area contributed by atoms with Crippen molar-refractivity contribution in [2.45, 2.75) is 24.8 Å². The average Bonchev–Trinajstić information content (AvgIpc) is 2.99. The number of nitrogens with one attached hydrogen (secondary N) is 1. The molecule has 1 unspecified atom stereocenters. The Hall–Kier alpha value is -1.78. The molecule has 1 aliphatic heterocycles. The van der Waals surface area contributed by atoms with Crippen LogP contribution in [0.3, 0.4) is 0 Å². The Bertz CT molecular complexity index is 936. The number of fused-ring (bicyclic) bond motifs is 2. The van der Waals surface area contributed by atoms with Crippen LogP contribution >= 0.6 is 15.9 Å². The summed E-state index contributed by atoms with van der Waals surface area (Å²) in [5.74, 6) is 2.11. The quantitative estimate of drug-likeness (QED) is 0.659. The lowest BCUT2D eigenvalue weighted by Gasteiger charge is -2.45. The van der Waals surface area contributed by atoms with Crippen LogP contribution in [-0.2, 0) is 6.42 Å². The zero-order valence-electron chi connectivity index (χ0n) is 14.9. The fourth-order valence-corrected chi connectivity index (χ4v) is 5.52. The van der Waals surface area contributed by atoms with Gasteiger partial charge >= 0.3 is 0 Å². The van der Waals surface area contributed by atoms with Crippen LogP contribution in [0.25, 0.3) is 10.9 Å². The molecule has 3 aromatic rings. The summed E-state index contributed by atoms with van der Waals surface area (Å²) < 4.78 is 7.23. The summed E-state index contributed by atoms with van der Waals surface area (Å²) in [5, 5.41) is 1.44. The maximum atomic E-state index is 6.08. The molecule has 134 valence electrons. The van der Waals surface area contributed by atoms with Crippen molar-refractivity contribution in [3.63, 3.8) is 0 Å². The number of para-hydroxylation sites is 1. The maximum absolute atomic E-state index is 6.08. The Morgan fingerprint density at radius 3 is 2.85 bits per heavy atom. The van der Waals surface area contributed by atoms with Gasteiger partial charge in [0.1, 0.15) is 5.75 Å². The number of hydrogen-bond donors (Lipinski definition) is 1. The van der Waals surface area contributed by atoms with Gasteiger partial charge in [-0.2, -0.15) is 0 Å². The Morgan fingerprint density at radius 2 is 2.00 bits per heavy atom. The largest absolute Gasteiger partial charge is 0.493 e. The third-order valence-electron chi connectivity index (χ3n) is 6.11. The molecule has 2 aromatic carbocycles. The zero-order chi connectivity index (χ0) is 17.7. The van der Waals surface area contributed by atoms with Crippen molar-refractivity contribution in [2.75, 3.05) is 20.2 Å². The number of aromatic amines is 1. The first kappa shape index (κ1) is 16.4. The van der Waals surface area contributed by atoms with Crippen molar-refractivity contribution in [1.82, 2.24) is 9.88 Å². The highest BCUT2D eigenvalue weighted by molar-refractivity contribution is 9.10. The van der Waals surface area contributed by atoms with Gasteiger partial charge in [0.05, 0.1) is 11.2 Å². The van der Waals surface area contributed by atoms with E-state index in [2.05, 4.69) is 51.1 Å². The molecule has 1 aromatic heterocycles. The van der Waals surface area contributed by atoms with E-state index in [-0.39, 0.29) is 0 Å². The minimum Gasteiger partial charge on any atom is -0.493 e. The normalized spacial score (nSPS) is 25.2. The van der Waals surface area contributed by atoms with E-state index in [0.717, 1.165) is 29.9 Å². The second-order valence-electron chi connectivity index (χ2n) is 7.73. The summed E-state index contributed by atoms with van der Waals surface area (Å²) in [7, 11) is 2.28. The number of halogens is 1. The van der Waals surface area contributed by atoms with Gasteiger partial charge in [-0.15, -0.1) is 0 Å². The Balaban J connectivity index is 1.43. The first-order valence-corrected chi connectivity index (χ1v) is 10.2. The number of piperidine rings is 1. The predicted octanol–water partition coefficient (Wildman–Crippen LogP) is 4.97. The molecular formula is C22H23BrN2O. The number of benzene rings is 2. The van der Waals surface area contributed by atoms with Crippen molar-refractivity contribution >= 4 is 26.8 Å². The van der Waals surface area contributed by atoms with Crippen LogP contribution < -0.4 is 4.74 Å². The molecule has 0 spiro atoms. The molecule has 0 bridgehead atoms. The number of rotatable bonds is 3. The number of likely N-dealkylation sites (N-methyl/N-ethyl adjacent to an activating group) is 1. The van der Waals surface area contributed by atoms with Gasteiger partial charge in [-0.25, -0.2) is 0 Å². The van der Waals surface area contributed by atoms with Crippen LogP contribution in [0.15, 0.2) is 53.1 Å². The summed E-state index contributed by atoms with van der Waals surface area (Å²) in [6.07, 6.45) is 2.31. The third-order valence-corrected chi connectivity index (χ3v) is 6.79. The standard InChI is InChI=1S/C22H23BrN2O/c1-25-12-14(13-26-15-6-3-2-4-7-15)10-17-16-8-5-9-19-21(16)18(11-20(17)25)22(23)24-19/h2-9,14,17,20,24H,10-13H2,1H3/t14?,17-,20-/m0/s1. The smallest absolute Gasteiger partial charge is 0.119 e. The van der Waals surface area contributed by atoms with E-state index < -0.39 is 0 Å². The van der Waals surface area contributed by atoms with Gasteiger partial charge in [0.15, 0.2) is 0 Å². The lowest BCUT2D eigenvalue weighted by molar-refractivity contribution is 0.0836. The average molecular weight is 411 g/mol. The Morgan fingerprint density at radius 1 is 1.15 bits per heavy atom. The number of hydrogen-bond acceptors (Lipinski definition) is 2. The van der Waals surface area contributed by atoms with Crippen LogP contribution in [0.4, 0.5) is 0 Å². The molecule has 3 atom stereocenters. The first-order valence-electron chi connectivity index (χ1n) is 9.37. The van der Waals surface area contributed by atoms with E-state index in [1.54, 1.807) is 0 Å². The Kier molecular flexibility index (Phi) is 4.06. The highest BCUT2D eigenvalue weighted by Gasteiger charge is 2.40. The molecule has 3 nitrogen and oxygen atoms in total. The molecule has 26 heavy (non-hydrogen) atoms. The summed E-state index contributed by atoms with van der Waals surface area (Å²) in [4.78, 5) is 6.06. The topological polar surface area (TPSA) is 28.3 Å². The molecule has 0 saturated carbocycles. The number of nitrogens with zero attached hydrogens (tertiary/aromatic N) is 1. The van der Waals surface area contributed by atoms with Crippen molar-refractivity contribution in [3.05, 3.63) is 64.3 Å². The lowest BCUT2D eigenvalue weighted by Crippen LogP contribution is -2.49. The molecule has 4 heteroatoms. The molecule has 0 amide bonds. The van der Waals surface area contributed by atoms with E-state index in [9.17, 15) is 0 Å². The van der Waals surface area contributed by atoms with Crippen molar-refractivity contribution in [3.8, 4) is 5.75 Å². The van der Waals surface area contributed by atoms with E-state index in [1.807, 2.05) is 30.3 Å². The number of likely N-dealkylation sites (tertiary alicyclic amines) is 1. The Labute approximate surface area is 162 Å². The fraction of sp³-hybridized carbons (Fsp3) is 0.364. The van der Waals surface area contributed by atoms with Crippen molar-refractivity contribution < 1.29 is 4.74 Å². The van der Waals surface area contributed by atoms with E-state index in [0.29, 0.717) is 17.9 Å². The van der Waals surface area contributed by atoms with Crippen molar-refractivity contribution in [1.29, 1.82) is 0 Å². The van der Waals surface area contributed by atoms with Gasteiger partial charge in [-0.05, 0) is 65.1 Å². The van der Waals surface area contributed by atoms with Crippen LogP contribution in [0.1, 0.15) is 23.5 Å². The van der Waals surface area contributed by atoms with Gasteiger partial charge in [0.2, 0.25) is 0 Å². The second-order valence-corrected chi connectivity index (χ2v) is 8.52. The molecule has 0 radical (unpaired) electrons.